The third-order valence-corrected chi connectivity index (χ3v) is 4.62. The number of anilines is 1. The van der Waals surface area contributed by atoms with E-state index < -0.39 is 30.3 Å². The van der Waals surface area contributed by atoms with E-state index in [-0.39, 0.29) is 17.8 Å². The maximum Gasteiger partial charge on any atom is 0.416 e. The number of hydrogen-bond donors (Lipinski definition) is 4. The molecule has 0 bridgehead atoms. The van der Waals surface area contributed by atoms with Crippen LogP contribution < -0.4 is 21.1 Å². The summed E-state index contributed by atoms with van der Waals surface area (Å²) in [5, 5.41) is 14.0. The van der Waals surface area contributed by atoms with Crippen molar-refractivity contribution in [2.75, 3.05) is 5.32 Å². The van der Waals surface area contributed by atoms with Gasteiger partial charge in [-0.1, -0.05) is 24.3 Å². The first kappa shape index (κ1) is 23.6. The molecule has 0 aliphatic heterocycles. The smallest absolute Gasteiger partial charge is 0.416 e. The molecule has 0 aliphatic rings. The SMILES string of the molecule is NC(=O)c1ccc(Oc2ccccc2CNC(=O)Nc2ccc(CO)c(C(F)(F)F)c2)cc1. The van der Waals surface area contributed by atoms with Crippen molar-refractivity contribution in [3.05, 3.63) is 89.0 Å². The Morgan fingerprint density at radius 2 is 1.67 bits per heavy atom. The number of benzene rings is 3. The van der Waals surface area contributed by atoms with Crippen LogP contribution in [0.4, 0.5) is 23.7 Å². The van der Waals surface area contributed by atoms with Gasteiger partial charge in [-0.2, -0.15) is 13.2 Å². The number of ether oxygens (including phenoxy) is 1. The quantitative estimate of drug-likeness (QED) is 0.419. The van der Waals surface area contributed by atoms with Gasteiger partial charge in [-0.25, -0.2) is 4.79 Å². The number of aliphatic hydroxyl groups excluding tert-OH is 1. The van der Waals surface area contributed by atoms with Gasteiger partial charge in [0.25, 0.3) is 0 Å². The first-order chi connectivity index (χ1) is 15.7. The topological polar surface area (TPSA) is 114 Å². The van der Waals surface area contributed by atoms with Gasteiger partial charge in [0, 0.05) is 23.4 Å². The van der Waals surface area contributed by atoms with Gasteiger partial charge >= 0.3 is 12.2 Å². The Morgan fingerprint density at radius 1 is 0.970 bits per heavy atom. The lowest BCUT2D eigenvalue weighted by molar-refractivity contribution is -0.138. The summed E-state index contributed by atoms with van der Waals surface area (Å²) in [5.74, 6) is 0.322. The number of hydrogen-bond acceptors (Lipinski definition) is 4. The fourth-order valence-electron chi connectivity index (χ4n) is 2.97. The van der Waals surface area contributed by atoms with Crippen LogP contribution >= 0.6 is 0 Å². The van der Waals surface area contributed by atoms with Gasteiger partial charge < -0.3 is 26.2 Å². The second-order valence-electron chi connectivity index (χ2n) is 6.93. The molecule has 3 amide bonds. The Kier molecular flexibility index (Phi) is 7.19. The van der Waals surface area contributed by atoms with Crippen LogP contribution in [-0.4, -0.2) is 17.0 Å². The fraction of sp³-hybridized carbons (Fsp3) is 0.130. The number of nitrogens with one attached hydrogen (secondary N) is 2. The van der Waals surface area contributed by atoms with Crippen molar-refractivity contribution < 1.29 is 32.6 Å². The number of nitrogens with two attached hydrogens (primary N) is 1. The van der Waals surface area contributed by atoms with E-state index in [4.69, 9.17) is 15.6 Å². The van der Waals surface area contributed by atoms with Gasteiger partial charge in [0.1, 0.15) is 11.5 Å². The molecular formula is C23H20F3N3O4. The van der Waals surface area contributed by atoms with Gasteiger partial charge in [-0.05, 0) is 48.0 Å². The highest BCUT2D eigenvalue weighted by Gasteiger charge is 2.33. The molecule has 10 heteroatoms. The van der Waals surface area contributed by atoms with Crippen LogP contribution in [0, 0.1) is 0 Å². The first-order valence-corrected chi connectivity index (χ1v) is 9.69. The predicted molar refractivity (Wildman–Crippen MR) is 115 cm³/mol. The summed E-state index contributed by atoms with van der Waals surface area (Å²) in [6, 6.07) is 15.5. The summed E-state index contributed by atoms with van der Waals surface area (Å²) in [5.41, 5.74) is 4.77. The second kappa shape index (κ2) is 10.0. The molecule has 5 N–H and O–H groups in total. The molecule has 3 aromatic carbocycles. The Labute approximate surface area is 187 Å². The number of primary amides is 1. The molecule has 7 nitrogen and oxygen atoms in total. The van der Waals surface area contributed by atoms with E-state index in [0.29, 0.717) is 22.6 Å². The van der Waals surface area contributed by atoms with Crippen molar-refractivity contribution in [3.63, 3.8) is 0 Å². The number of para-hydroxylation sites is 1. The van der Waals surface area contributed by atoms with Crippen molar-refractivity contribution in [2.24, 2.45) is 5.73 Å². The minimum atomic E-state index is -4.67. The molecular weight excluding hydrogens is 439 g/mol. The molecule has 0 aromatic heterocycles. The monoisotopic (exact) mass is 459 g/mol. The first-order valence-electron chi connectivity index (χ1n) is 9.69. The van der Waals surface area contributed by atoms with E-state index in [2.05, 4.69) is 10.6 Å². The Hall–Kier alpha value is -4.05. The standard InChI is InChI=1S/C23H20F3N3O4/c24-23(25,26)19-11-17(8-5-16(19)13-30)29-22(32)28-12-15-3-1-2-4-20(15)33-18-9-6-14(7-10-18)21(27)31/h1-11,30H,12-13H2,(H2,27,31)(H2,28,29,32). The van der Waals surface area contributed by atoms with E-state index in [0.717, 1.165) is 12.1 Å². The average molecular weight is 459 g/mol. The van der Waals surface area contributed by atoms with Gasteiger partial charge in [0.05, 0.1) is 12.2 Å². The highest BCUT2D eigenvalue weighted by molar-refractivity contribution is 5.92. The molecule has 0 fully saturated rings. The lowest BCUT2D eigenvalue weighted by Crippen LogP contribution is -2.28. The van der Waals surface area contributed by atoms with E-state index in [1.807, 2.05) is 0 Å². The number of halogens is 3. The van der Waals surface area contributed by atoms with Crippen molar-refractivity contribution in [1.82, 2.24) is 5.32 Å². The van der Waals surface area contributed by atoms with Gasteiger partial charge in [-0.3, -0.25) is 4.79 Å². The summed E-state index contributed by atoms with van der Waals surface area (Å²) in [4.78, 5) is 23.4. The highest BCUT2D eigenvalue weighted by Crippen LogP contribution is 2.34. The van der Waals surface area contributed by atoms with Crippen molar-refractivity contribution in [2.45, 2.75) is 19.3 Å². The zero-order valence-corrected chi connectivity index (χ0v) is 17.1. The van der Waals surface area contributed by atoms with Crippen LogP contribution in [0.3, 0.4) is 0 Å². The van der Waals surface area contributed by atoms with Crippen LogP contribution in [-0.2, 0) is 19.3 Å². The summed E-state index contributed by atoms with van der Waals surface area (Å²) in [7, 11) is 0. The Morgan fingerprint density at radius 3 is 2.30 bits per heavy atom. The van der Waals surface area contributed by atoms with Gasteiger partial charge in [0.15, 0.2) is 0 Å². The molecule has 0 saturated heterocycles. The lowest BCUT2D eigenvalue weighted by Gasteiger charge is -2.15. The highest BCUT2D eigenvalue weighted by atomic mass is 19.4. The maximum atomic E-state index is 13.1. The number of alkyl halides is 3. The number of rotatable bonds is 7. The van der Waals surface area contributed by atoms with Crippen molar-refractivity contribution in [3.8, 4) is 11.5 Å². The van der Waals surface area contributed by atoms with E-state index in [1.165, 1.54) is 18.2 Å². The Bertz CT molecular complexity index is 1150. The number of carbonyl (C=O) groups excluding carboxylic acids is 2. The molecule has 0 spiro atoms. The second-order valence-corrected chi connectivity index (χ2v) is 6.93. The number of amides is 3. The fourth-order valence-corrected chi connectivity index (χ4v) is 2.97. The van der Waals surface area contributed by atoms with E-state index in [1.54, 1.807) is 36.4 Å². The summed E-state index contributed by atoms with van der Waals surface area (Å²) in [6.45, 7) is -0.744. The number of urea groups is 1. The van der Waals surface area contributed by atoms with Gasteiger partial charge in [-0.15, -0.1) is 0 Å². The molecule has 172 valence electrons. The van der Waals surface area contributed by atoms with Crippen molar-refractivity contribution >= 4 is 17.6 Å². The largest absolute Gasteiger partial charge is 0.457 e. The van der Waals surface area contributed by atoms with Crippen LogP contribution in [0.15, 0.2) is 66.7 Å². The third kappa shape index (κ3) is 6.23. The normalized spacial score (nSPS) is 11.0. The maximum absolute atomic E-state index is 13.1. The van der Waals surface area contributed by atoms with Crippen molar-refractivity contribution in [1.29, 1.82) is 0 Å². The molecule has 0 aliphatic carbocycles. The molecule has 3 rings (SSSR count). The molecule has 0 heterocycles. The molecule has 0 radical (unpaired) electrons. The predicted octanol–water partition coefficient (Wildman–Crippen LogP) is 4.41. The zero-order chi connectivity index (χ0) is 24.0. The van der Waals surface area contributed by atoms with E-state index >= 15 is 0 Å². The Balaban J connectivity index is 1.66. The molecule has 33 heavy (non-hydrogen) atoms. The molecule has 0 saturated carbocycles. The molecule has 3 aromatic rings. The zero-order valence-electron chi connectivity index (χ0n) is 17.1. The van der Waals surface area contributed by atoms with E-state index in [9.17, 15) is 22.8 Å². The summed E-state index contributed by atoms with van der Waals surface area (Å²) in [6.07, 6.45) is -4.67. The summed E-state index contributed by atoms with van der Waals surface area (Å²) < 4.78 is 45.2. The molecule has 0 atom stereocenters. The third-order valence-electron chi connectivity index (χ3n) is 4.62. The van der Waals surface area contributed by atoms with Gasteiger partial charge in [0.2, 0.25) is 5.91 Å². The van der Waals surface area contributed by atoms with Crippen LogP contribution in [0.2, 0.25) is 0 Å². The minimum Gasteiger partial charge on any atom is -0.457 e. The van der Waals surface area contributed by atoms with Crippen LogP contribution in [0.1, 0.15) is 27.0 Å². The minimum absolute atomic E-state index is 0.0300. The number of aliphatic hydroxyl groups is 1. The lowest BCUT2D eigenvalue weighted by atomic mass is 10.1. The van der Waals surface area contributed by atoms with Crippen LogP contribution in [0.25, 0.3) is 0 Å². The average Bonchev–Trinajstić information content (AvgIpc) is 2.78. The van der Waals surface area contributed by atoms with Crippen LogP contribution in [0.5, 0.6) is 11.5 Å². The molecule has 0 unspecified atom stereocenters. The summed E-state index contributed by atoms with van der Waals surface area (Å²) >= 11 is 0. The number of carbonyl (C=O) groups is 2.